The Labute approximate surface area is 113 Å². The molecule has 19 heavy (non-hydrogen) atoms. The van der Waals surface area contributed by atoms with Crippen molar-refractivity contribution in [1.29, 1.82) is 0 Å². The first-order chi connectivity index (χ1) is 9.35. The molecular weight excluding hydrogens is 232 g/mol. The molecule has 1 fully saturated rings. The molecule has 1 aliphatic heterocycles. The lowest BCUT2D eigenvalue weighted by Crippen LogP contribution is -1.90. The molecule has 2 unspecified atom stereocenters. The van der Waals surface area contributed by atoms with E-state index in [-0.39, 0.29) is 12.2 Å². The van der Waals surface area contributed by atoms with E-state index in [0.29, 0.717) is 0 Å². The third kappa shape index (κ3) is 2.13. The molecule has 2 atom stereocenters. The highest BCUT2D eigenvalue weighted by atomic mass is 16.6. The van der Waals surface area contributed by atoms with Gasteiger partial charge in [-0.2, -0.15) is 0 Å². The predicted octanol–water partition coefficient (Wildman–Crippen LogP) is 4.79. The highest BCUT2D eigenvalue weighted by molar-refractivity contribution is 5.57. The number of ether oxygens (including phenoxy) is 1. The third-order valence-corrected chi connectivity index (χ3v) is 3.54. The molecule has 1 saturated heterocycles. The molecule has 2 aromatic rings. The van der Waals surface area contributed by atoms with E-state index in [1.165, 1.54) is 11.1 Å². The van der Waals surface area contributed by atoms with E-state index in [1.807, 2.05) is 36.4 Å². The summed E-state index contributed by atoms with van der Waals surface area (Å²) < 4.78 is 5.88. The molecular formula is C18H16O. The van der Waals surface area contributed by atoms with E-state index in [9.17, 15) is 0 Å². The van der Waals surface area contributed by atoms with Gasteiger partial charge in [0.05, 0.1) is 0 Å². The molecule has 1 nitrogen and oxygen atoms in total. The lowest BCUT2D eigenvalue weighted by Gasteiger charge is -2.04. The molecule has 0 N–H and O–H groups in total. The van der Waals surface area contributed by atoms with Crippen LogP contribution in [0.15, 0.2) is 61.7 Å². The summed E-state index contributed by atoms with van der Waals surface area (Å²) in [4.78, 5) is 0. The van der Waals surface area contributed by atoms with Crippen LogP contribution in [0.4, 0.5) is 0 Å². The van der Waals surface area contributed by atoms with Gasteiger partial charge in [-0.3, -0.25) is 0 Å². The Hall–Kier alpha value is -2.12. The van der Waals surface area contributed by atoms with Crippen molar-refractivity contribution in [1.82, 2.24) is 0 Å². The van der Waals surface area contributed by atoms with Crippen LogP contribution in [-0.4, -0.2) is 0 Å². The van der Waals surface area contributed by atoms with E-state index in [0.717, 1.165) is 11.1 Å². The number of epoxide rings is 1. The lowest BCUT2D eigenvalue weighted by atomic mass is 9.97. The van der Waals surface area contributed by atoms with Gasteiger partial charge in [0.15, 0.2) is 0 Å². The van der Waals surface area contributed by atoms with Crippen LogP contribution >= 0.6 is 0 Å². The first-order valence-electron chi connectivity index (χ1n) is 6.43. The molecule has 1 heterocycles. The van der Waals surface area contributed by atoms with Crippen LogP contribution in [0.2, 0.25) is 0 Å². The number of benzene rings is 2. The maximum absolute atomic E-state index is 5.88. The van der Waals surface area contributed by atoms with Gasteiger partial charge in [-0.1, -0.05) is 73.8 Å². The topological polar surface area (TPSA) is 12.5 Å². The molecule has 94 valence electrons. The second-order valence-electron chi connectivity index (χ2n) is 4.64. The fraction of sp³-hybridized carbons (Fsp3) is 0.111. The fourth-order valence-electron chi connectivity index (χ4n) is 2.50. The van der Waals surface area contributed by atoms with E-state index in [1.54, 1.807) is 0 Å². The van der Waals surface area contributed by atoms with Crippen LogP contribution in [0.25, 0.3) is 12.2 Å². The first kappa shape index (κ1) is 11.9. The zero-order valence-electron chi connectivity index (χ0n) is 10.8. The summed E-state index contributed by atoms with van der Waals surface area (Å²) in [5.74, 6) is 0. The minimum absolute atomic E-state index is 0.135. The zero-order valence-corrected chi connectivity index (χ0v) is 10.8. The summed E-state index contributed by atoms with van der Waals surface area (Å²) in [5.41, 5.74) is 4.71. The standard InChI is InChI=1S/C18H16O/c1-3-13-9-5-7-11-15(13)17-18(19-17)16-12-8-6-10-14(16)4-2/h3-12,17-18H,1-2H2. The molecule has 0 aromatic heterocycles. The fourth-order valence-corrected chi connectivity index (χ4v) is 2.50. The van der Waals surface area contributed by atoms with E-state index in [4.69, 9.17) is 4.74 Å². The van der Waals surface area contributed by atoms with Crippen LogP contribution in [0.3, 0.4) is 0 Å². The van der Waals surface area contributed by atoms with Crippen LogP contribution in [-0.2, 0) is 4.74 Å². The summed E-state index contributed by atoms with van der Waals surface area (Å²) in [6, 6.07) is 16.5. The summed E-state index contributed by atoms with van der Waals surface area (Å²) in [6.07, 6.45) is 4.03. The number of hydrogen-bond acceptors (Lipinski definition) is 1. The first-order valence-corrected chi connectivity index (χ1v) is 6.43. The highest BCUT2D eigenvalue weighted by Gasteiger charge is 2.42. The molecule has 2 aromatic carbocycles. The van der Waals surface area contributed by atoms with Gasteiger partial charge in [-0.25, -0.2) is 0 Å². The SMILES string of the molecule is C=Cc1ccccc1C1OC1c1ccccc1C=C. The van der Waals surface area contributed by atoms with Crippen molar-refractivity contribution in [2.24, 2.45) is 0 Å². The average Bonchev–Trinajstić information content (AvgIpc) is 3.27. The van der Waals surface area contributed by atoms with Gasteiger partial charge in [0.25, 0.3) is 0 Å². The molecule has 0 aliphatic carbocycles. The van der Waals surface area contributed by atoms with Crippen molar-refractivity contribution >= 4 is 12.2 Å². The largest absolute Gasteiger partial charge is 0.359 e. The Bertz CT molecular complexity index is 572. The molecule has 0 bridgehead atoms. The van der Waals surface area contributed by atoms with Crippen LogP contribution < -0.4 is 0 Å². The quantitative estimate of drug-likeness (QED) is 0.709. The van der Waals surface area contributed by atoms with Crippen molar-refractivity contribution < 1.29 is 4.74 Å². The van der Waals surface area contributed by atoms with Gasteiger partial charge in [0.1, 0.15) is 12.2 Å². The van der Waals surface area contributed by atoms with Crippen molar-refractivity contribution in [3.05, 3.63) is 83.9 Å². The number of hydrogen-bond donors (Lipinski definition) is 0. The van der Waals surface area contributed by atoms with Gasteiger partial charge < -0.3 is 4.74 Å². The van der Waals surface area contributed by atoms with Crippen LogP contribution in [0.1, 0.15) is 34.5 Å². The normalized spacial score (nSPS) is 20.8. The minimum atomic E-state index is 0.135. The minimum Gasteiger partial charge on any atom is -0.359 e. The molecule has 3 rings (SSSR count). The van der Waals surface area contributed by atoms with Gasteiger partial charge in [0.2, 0.25) is 0 Å². The maximum Gasteiger partial charge on any atom is 0.114 e. The van der Waals surface area contributed by atoms with Gasteiger partial charge in [-0.15, -0.1) is 0 Å². The summed E-state index contributed by atoms with van der Waals surface area (Å²) in [6.45, 7) is 7.72. The van der Waals surface area contributed by atoms with E-state index in [2.05, 4.69) is 37.4 Å². The smallest absolute Gasteiger partial charge is 0.114 e. The van der Waals surface area contributed by atoms with E-state index < -0.39 is 0 Å². The molecule has 1 heteroatoms. The Balaban J connectivity index is 1.92. The Morgan fingerprint density at radius 3 is 1.58 bits per heavy atom. The van der Waals surface area contributed by atoms with Crippen LogP contribution in [0.5, 0.6) is 0 Å². The molecule has 0 spiro atoms. The van der Waals surface area contributed by atoms with Gasteiger partial charge in [0, 0.05) is 0 Å². The van der Waals surface area contributed by atoms with Crippen LogP contribution in [0, 0.1) is 0 Å². The summed E-state index contributed by atoms with van der Waals surface area (Å²) >= 11 is 0. The van der Waals surface area contributed by atoms with Crippen molar-refractivity contribution in [2.75, 3.05) is 0 Å². The number of rotatable bonds is 4. The predicted molar refractivity (Wildman–Crippen MR) is 79.6 cm³/mol. The maximum atomic E-state index is 5.88. The van der Waals surface area contributed by atoms with Crippen molar-refractivity contribution in [3.63, 3.8) is 0 Å². The monoisotopic (exact) mass is 248 g/mol. The van der Waals surface area contributed by atoms with Crippen molar-refractivity contribution in [2.45, 2.75) is 12.2 Å². The Morgan fingerprint density at radius 2 is 1.16 bits per heavy atom. The van der Waals surface area contributed by atoms with Crippen molar-refractivity contribution in [3.8, 4) is 0 Å². The molecule has 0 saturated carbocycles. The highest BCUT2D eigenvalue weighted by Crippen LogP contribution is 2.52. The molecule has 1 aliphatic rings. The Morgan fingerprint density at radius 1 is 0.737 bits per heavy atom. The Kier molecular flexibility index (Phi) is 3.06. The average molecular weight is 248 g/mol. The second kappa shape index (κ2) is 4.87. The van der Waals surface area contributed by atoms with E-state index >= 15 is 0 Å². The second-order valence-corrected chi connectivity index (χ2v) is 4.64. The van der Waals surface area contributed by atoms with Gasteiger partial charge in [-0.05, 0) is 22.3 Å². The van der Waals surface area contributed by atoms with Gasteiger partial charge >= 0.3 is 0 Å². The summed E-state index contributed by atoms with van der Waals surface area (Å²) in [7, 11) is 0. The third-order valence-electron chi connectivity index (χ3n) is 3.54. The lowest BCUT2D eigenvalue weighted by molar-refractivity contribution is 0.377. The molecule has 0 amide bonds. The summed E-state index contributed by atoms with van der Waals surface area (Å²) in [5, 5.41) is 0. The molecule has 0 radical (unpaired) electrons. The zero-order chi connectivity index (χ0) is 13.2.